The van der Waals surface area contributed by atoms with E-state index in [1.807, 2.05) is 11.8 Å². The molecule has 1 heterocycles. The van der Waals surface area contributed by atoms with Crippen molar-refractivity contribution in [3.05, 3.63) is 34.1 Å². The summed E-state index contributed by atoms with van der Waals surface area (Å²) in [5.41, 5.74) is 0.536. The first-order valence-electron chi connectivity index (χ1n) is 6.60. The van der Waals surface area contributed by atoms with E-state index in [4.69, 9.17) is 0 Å². The van der Waals surface area contributed by atoms with E-state index >= 15 is 0 Å². The molecular formula is C14H18BrFN2O. The van der Waals surface area contributed by atoms with Crippen molar-refractivity contribution in [3.8, 4) is 0 Å². The Labute approximate surface area is 121 Å². The first-order chi connectivity index (χ1) is 9.13. The Bertz CT molecular complexity index is 461. The van der Waals surface area contributed by atoms with Gasteiger partial charge < -0.3 is 10.2 Å². The van der Waals surface area contributed by atoms with E-state index in [9.17, 15) is 9.18 Å². The summed E-state index contributed by atoms with van der Waals surface area (Å²) < 4.78 is 13.6. The fourth-order valence-electron chi connectivity index (χ4n) is 2.48. The van der Waals surface area contributed by atoms with Gasteiger partial charge in [-0.15, -0.1) is 0 Å². The summed E-state index contributed by atoms with van der Waals surface area (Å²) in [6.07, 6.45) is 1.95. The molecule has 2 rings (SSSR count). The van der Waals surface area contributed by atoms with Gasteiger partial charge in [0.15, 0.2) is 0 Å². The average molecular weight is 329 g/mol. The quantitative estimate of drug-likeness (QED) is 0.925. The zero-order chi connectivity index (χ0) is 13.8. The molecule has 0 spiro atoms. The predicted molar refractivity (Wildman–Crippen MR) is 76.7 cm³/mol. The first-order valence-corrected chi connectivity index (χ1v) is 7.39. The Morgan fingerprint density at radius 2 is 2.16 bits per heavy atom. The maximum absolute atomic E-state index is 13.2. The predicted octanol–water partition coefficient (Wildman–Crippen LogP) is 2.80. The van der Waals surface area contributed by atoms with Crippen LogP contribution < -0.4 is 5.32 Å². The molecule has 5 heteroatoms. The summed E-state index contributed by atoms with van der Waals surface area (Å²) in [6.45, 7) is 4.56. The zero-order valence-electron chi connectivity index (χ0n) is 11.0. The summed E-state index contributed by atoms with van der Waals surface area (Å²) in [5.74, 6) is -0.364. The molecule has 0 unspecified atom stereocenters. The van der Waals surface area contributed by atoms with Gasteiger partial charge in [-0.25, -0.2) is 4.39 Å². The van der Waals surface area contributed by atoms with Crippen LogP contribution in [0.2, 0.25) is 0 Å². The second-order valence-electron chi connectivity index (χ2n) is 4.70. The second kappa shape index (κ2) is 6.48. The molecule has 19 heavy (non-hydrogen) atoms. The number of rotatable bonds is 3. The third kappa shape index (κ3) is 3.34. The molecule has 1 aliphatic rings. The second-order valence-corrected chi connectivity index (χ2v) is 5.56. The number of benzene rings is 1. The molecule has 1 N–H and O–H groups in total. The Morgan fingerprint density at radius 1 is 1.47 bits per heavy atom. The molecule has 1 aromatic carbocycles. The average Bonchev–Trinajstić information content (AvgIpc) is 2.44. The molecule has 0 saturated carbocycles. The molecule has 0 atom stereocenters. The number of halogens is 2. The number of carbonyl (C=O) groups excluding carboxylic acids is 1. The standard InChI is InChI=1S/C14H18BrFN2O/c1-2-18(11-5-7-17-8-6-11)14(19)10-3-4-13(16)12(15)9-10/h3-4,9,11,17H,2,5-8H2,1H3. The van der Waals surface area contributed by atoms with Crippen LogP contribution in [0.4, 0.5) is 4.39 Å². The van der Waals surface area contributed by atoms with Gasteiger partial charge in [0.2, 0.25) is 0 Å². The Balaban J connectivity index is 2.17. The molecule has 1 aliphatic heterocycles. The molecule has 0 aromatic heterocycles. The van der Waals surface area contributed by atoms with Gasteiger partial charge in [0.25, 0.3) is 5.91 Å². The number of piperidine rings is 1. The van der Waals surface area contributed by atoms with Gasteiger partial charge in [-0.2, -0.15) is 0 Å². The number of hydrogen-bond donors (Lipinski definition) is 1. The lowest BCUT2D eigenvalue weighted by atomic mass is 10.0. The summed E-state index contributed by atoms with van der Waals surface area (Å²) >= 11 is 3.13. The Kier molecular flexibility index (Phi) is 4.93. The summed E-state index contributed by atoms with van der Waals surface area (Å²) in [4.78, 5) is 14.4. The van der Waals surface area contributed by atoms with Crippen LogP contribution in [0.1, 0.15) is 30.1 Å². The maximum Gasteiger partial charge on any atom is 0.254 e. The van der Waals surface area contributed by atoms with Crippen LogP contribution in [-0.4, -0.2) is 36.5 Å². The molecule has 104 valence electrons. The number of nitrogens with one attached hydrogen (secondary N) is 1. The third-order valence-corrected chi connectivity index (χ3v) is 4.13. The molecule has 3 nitrogen and oxygen atoms in total. The fraction of sp³-hybridized carbons (Fsp3) is 0.500. The highest BCUT2D eigenvalue weighted by molar-refractivity contribution is 9.10. The molecule has 0 aliphatic carbocycles. The highest BCUT2D eigenvalue weighted by atomic mass is 79.9. The summed E-state index contributed by atoms with van der Waals surface area (Å²) in [7, 11) is 0. The zero-order valence-corrected chi connectivity index (χ0v) is 12.5. The Hall–Kier alpha value is -0.940. The van der Waals surface area contributed by atoms with E-state index in [-0.39, 0.29) is 17.8 Å². The van der Waals surface area contributed by atoms with Crippen molar-refractivity contribution in [2.45, 2.75) is 25.8 Å². The van der Waals surface area contributed by atoms with Gasteiger partial charge >= 0.3 is 0 Å². The minimum atomic E-state index is -0.346. The first kappa shape index (κ1) is 14.5. The summed E-state index contributed by atoms with van der Waals surface area (Å²) in [6, 6.07) is 4.71. The minimum absolute atomic E-state index is 0.0184. The van der Waals surface area contributed by atoms with Crippen molar-refractivity contribution in [2.75, 3.05) is 19.6 Å². The largest absolute Gasteiger partial charge is 0.336 e. The van der Waals surface area contributed by atoms with E-state index in [0.29, 0.717) is 16.6 Å². The van der Waals surface area contributed by atoms with Gasteiger partial charge in [-0.05, 0) is 67.0 Å². The molecule has 1 fully saturated rings. The van der Waals surface area contributed by atoms with E-state index in [1.54, 1.807) is 12.1 Å². The van der Waals surface area contributed by atoms with E-state index < -0.39 is 0 Å². The van der Waals surface area contributed by atoms with Crippen molar-refractivity contribution in [1.82, 2.24) is 10.2 Å². The topological polar surface area (TPSA) is 32.3 Å². The monoisotopic (exact) mass is 328 g/mol. The van der Waals surface area contributed by atoms with Crippen molar-refractivity contribution >= 4 is 21.8 Å². The van der Waals surface area contributed by atoms with Crippen LogP contribution in [0.5, 0.6) is 0 Å². The van der Waals surface area contributed by atoms with E-state index in [1.165, 1.54) is 6.07 Å². The lowest BCUT2D eigenvalue weighted by Gasteiger charge is -2.34. The van der Waals surface area contributed by atoms with Crippen molar-refractivity contribution < 1.29 is 9.18 Å². The van der Waals surface area contributed by atoms with Crippen LogP contribution in [0.15, 0.2) is 22.7 Å². The van der Waals surface area contributed by atoms with Crippen LogP contribution in [0, 0.1) is 5.82 Å². The number of carbonyl (C=O) groups is 1. The molecule has 1 saturated heterocycles. The lowest BCUT2D eigenvalue weighted by Crippen LogP contribution is -2.46. The van der Waals surface area contributed by atoms with Crippen LogP contribution >= 0.6 is 15.9 Å². The van der Waals surface area contributed by atoms with Gasteiger partial charge in [-0.3, -0.25) is 4.79 Å². The number of amides is 1. The highest BCUT2D eigenvalue weighted by Crippen LogP contribution is 2.20. The van der Waals surface area contributed by atoms with E-state index in [2.05, 4.69) is 21.2 Å². The molecular weight excluding hydrogens is 311 g/mol. The van der Waals surface area contributed by atoms with Crippen LogP contribution in [-0.2, 0) is 0 Å². The number of nitrogens with zero attached hydrogens (tertiary/aromatic N) is 1. The normalized spacial score (nSPS) is 16.4. The minimum Gasteiger partial charge on any atom is -0.336 e. The van der Waals surface area contributed by atoms with Crippen LogP contribution in [0.3, 0.4) is 0 Å². The van der Waals surface area contributed by atoms with Gasteiger partial charge in [0.05, 0.1) is 4.47 Å². The highest BCUT2D eigenvalue weighted by Gasteiger charge is 2.25. The van der Waals surface area contributed by atoms with Crippen molar-refractivity contribution in [2.24, 2.45) is 0 Å². The molecule has 0 radical (unpaired) electrons. The number of hydrogen-bond acceptors (Lipinski definition) is 2. The fourth-order valence-corrected chi connectivity index (χ4v) is 2.86. The van der Waals surface area contributed by atoms with Crippen molar-refractivity contribution in [1.29, 1.82) is 0 Å². The Morgan fingerprint density at radius 3 is 2.74 bits per heavy atom. The van der Waals surface area contributed by atoms with Gasteiger partial charge in [0.1, 0.15) is 5.82 Å². The van der Waals surface area contributed by atoms with Crippen molar-refractivity contribution in [3.63, 3.8) is 0 Å². The smallest absolute Gasteiger partial charge is 0.254 e. The SMILES string of the molecule is CCN(C(=O)c1ccc(F)c(Br)c1)C1CCNCC1. The van der Waals surface area contributed by atoms with Gasteiger partial charge in [-0.1, -0.05) is 0 Å². The lowest BCUT2D eigenvalue weighted by molar-refractivity contribution is 0.0656. The molecule has 1 aromatic rings. The van der Waals surface area contributed by atoms with Gasteiger partial charge in [0, 0.05) is 18.2 Å². The third-order valence-electron chi connectivity index (χ3n) is 3.52. The summed E-state index contributed by atoms with van der Waals surface area (Å²) in [5, 5.41) is 3.29. The molecule has 1 amide bonds. The van der Waals surface area contributed by atoms with Crippen LogP contribution in [0.25, 0.3) is 0 Å². The van der Waals surface area contributed by atoms with E-state index in [0.717, 1.165) is 25.9 Å². The molecule has 0 bridgehead atoms. The maximum atomic E-state index is 13.2.